The van der Waals surface area contributed by atoms with Crippen molar-refractivity contribution < 1.29 is 14.1 Å². The van der Waals surface area contributed by atoms with Crippen LogP contribution >= 0.6 is 0 Å². The highest BCUT2D eigenvalue weighted by molar-refractivity contribution is 6.17. The van der Waals surface area contributed by atoms with Crippen molar-refractivity contribution in [3.8, 4) is 5.88 Å². The van der Waals surface area contributed by atoms with Crippen molar-refractivity contribution >= 4 is 7.69 Å². The molecule has 0 aromatic carbocycles. The molecular formula is C5H5BFNO2. The minimum atomic E-state index is -0.619. The van der Waals surface area contributed by atoms with Crippen LogP contribution < -0.4 is 4.65 Å². The SMILES string of the molecule is OBOc1cccc(F)n1. The molecule has 0 saturated heterocycles. The Labute approximate surface area is 57.8 Å². The summed E-state index contributed by atoms with van der Waals surface area (Å²) in [5.41, 5.74) is 0. The summed E-state index contributed by atoms with van der Waals surface area (Å²) < 4.78 is 16.7. The first-order chi connectivity index (χ1) is 4.83. The molecule has 1 aromatic heterocycles. The standard InChI is InChI=1S/C5H5BFNO2/c7-4-2-1-3-5(8-4)10-6-9/h1-3,6,9H. The van der Waals surface area contributed by atoms with Gasteiger partial charge in [0.15, 0.2) is 5.88 Å². The minimum Gasteiger partial charge on any atom is -0.525 e. The van der Waals surface area contributed by atoms with Gasteiger partial charge in [0.05, 0.1) is 0 Å². The summed E-state index contributed by atoms with van der Waals surface area (Å²) in [6.07, 6.45) is 0. The average molecular weight is 141 g/mol. The Morgan fingerprint density at radius 1 is 1.60 bits per heavy atom. The van der Waals surface area contributed by atoms with Gasteiger partial charge in [-0.2, -0.15) is 9.37 Å². The summed E-state index contributed by atoms with van der Waals surface area (Å²) in [5.74, 6) is -0.534. The van der Waals surface area contributed by atoms with Crippen LogP contribution in [0.5, 0.6) is 5.88 Å². The second kappa shape index (κ2) is 3.17. The molecule has 0 bridgehead atoms. The third-order valence-corrected chi connectivity index (χ3v) is 0.902. The van der Waals surface area contributed by atoms with Crippen molar-refractivity contribution in [2.45, 2.75) is 0 Å². The molecule has 0 aliphatic carbocycles. The smallest absolute Gasteiger partial charge is 0.505 e. The van der Waals surface area contributed by atoms with E-state index in [2.05, 4.69) is 9.64 Å². The lowest BCUT2D eigenvalue weighted by atomic mass is 10.4. The van der Waals surface area contributed by atoms with Crippen LogP contribution in [-0.4, -0.2) is 17.7 Å². The van der Waals surface area contributed by atoms with E-state index in [1.54, 1.807) is 0 Å². The Balaban J connectivity index is 2.75. The molecule has 0 spiro atoms. The molecule has 1 N–H and O–H groups in total. The molecule has 0 fully saturated rings. The molecule has 0 aliphatic heterocycles. The van der Waals surface area contributed by atoms with Crippen molar-refractivity contribution in [3.63, 3.8) is 0 Å². The summed E-state index contributed by atoms with van der Waals surface area (Å²) in [4.78, 5) is 3.31. The van der Waals surface area contributed by atoms with Gasteiger partial charge < -0.3 is 9.68 Å². The van der Waals surface area contributed by atoms with Crippen LogP contribution in [0.4, 0.5) is 4.39 Å². The van der Waals surface area contributed by atoms with Crippen LogP contribution in [-0.2, 0) is 0 Å². The quantitative estimate of drug-likeness (QED) is 0.460. The molecule has 0 radical (unpaired) electrons. The van der Waals surface area contributed by atoms with Gasteiger partial charge in [-0.05, 0) is 12.1 Å². The highest BCUT2D eigenvalue weighted by Gasteiger charge is 1.95. The van der Waals surface area contributed by atoms with Crippen molar-refractivity contribution in [1.29, 1.82) is 0 Å². The first-order valence-electron chi connectivity index (χ1n) is 2.69. The predicted octanol–water partition coefficient (Wildman–Crippen LogP) is -0.142. The molecule has 1 heterocycles. The monoisotopic (exact) mass is 141 g/mol. The summed E-state index contributed by atoms with van der Waals surface area (Å²) >= 11 is 0. The summed E-state index contributed by atoms with van der Waals surface area (Å²) in [6.45, 7) is 0. The van der Waals surface area contributed by atoms with Crippen molar-refractivity contribution in [1.82, 2.24) is 4.98 Å². The van der Waals surface area contributed by atoms with Gasteiger partial charge in [0.25, 0.3) is 0 Å². The van der Waals surface area contributed by atoms with E-state index in [1.165, 1.54) is 18.2 Å². The van der Waals surface area contributed by atoms with Crippen LogP contribution in [0, 0.1) is 5.95 Å². The highest BCUT2D eigenvalue weighted by atomic mass is 19.1. The number of hydrogen-bond acceptors (Lipinski definition) is 3. The Morgan fingerprint density at radius 2 is 2.40 bits per heavy atom. The van der Waals surface area contributed by atoms with Gasteiger partial charge in [0.2, 0.25) is 5.95 Å². The maximum absolute atomic E-state index is 12.2. The van der Waals surface area contributed by atoms with E-state index in [9.17, 15) is 4.39 Å². The van der Waals surface area contributed by atoms with E-state index in [-0.39, 0.29) is 5.88 Å². The van der Waals surface area contributed by atoms with Crippen LogP contribution in [0.2, 0.25) is 0 Å². The third kappa shape index (κ3) is 1.70. The number of halogens is 1. The lowest BCUT2D eigenvalue weighted by molar-refractivity contribution is 0.434. The topological polar surface area (TPSA) is 42.4 Å². The zero-order valence-electron chi connectivity index (χ0n) is 5.12. The first kappa shape index (κ1) is 7.02. The molecule has 0 unspecified atom stereocenters. The maximum atomic E-state index is 12.2. The fourth-order valence-corrected chi connectivity index (χ4v) is 0.536. The van der Waals surface area contributed by atoms with Crippen LogP contribution in [0.15, 0.2) is 18.2 Å². The van der Waals surface area contributed by atoms with Gasteiger partial charge >= 0.3 is 7.69 Å². The third-order valence-electron chi connectivity index (χ3n) is 0.902. The van der Waals surface area contributed by atoms with Gasteiger partial charge in [-0.15, -0.1) is 0 Å². The maximum Gasteiger partial charge on any atom is 0.505 e. The van der Waals surface area contributed by atoms with Crippen molar-refractivity contribution in [3.05, 3.63) is 24.1 Å². The van der Waals surface area contributed by atoms with Gasteiger partial charge in [-0.25, -0.2) is 0 Å². The summed E-state index contributed by atoms with van der Waals surface area (Å²) in [5, 5.41) is 8.23. The number of nitrogens with zero attached hydrogens (tertiary/aromatic N) is 1. The predicted molar refractivity (Wildman–Crippen MR) is 34.2 cm³/mol. The number of rotatable bonds is 2. The number of pyridine rings is 1. The Bertz CT molecular complexity index is 221. The summed E-state index contributed by atoms with van der Waals surface area (Å²) in [7, 11) is -0.490. The normalized spacial score (nSPS) is 9.00. The molecule has 52 valence electrons. The van der Waals surface area contributed by atoms with Gasteiger partial charge in [-0.1, -0.05) is 6.07 Å². The Morgan fingerprint density at radius 3 is 3.00 bits per heavy atom. The first-order valence-corrected chi connectivity index (χ1v) is 2.69. The minimum absolute atomic E-state index is 0.0856. The largest absolute Gasteiger partial charge is 0.525 e. The van der Waals surface area contributed by atoms with E-state index in [0.29, 0.717) is 0 Å². The molecule has 0 amide bonds. The average Bonchev–Trinajstić information content (AvgIpc) is 1.88. The molecular weight excluding hydrogens is 136 g/mol. The molecule has 3 nitrogen and oxygen atoms in total. The summed E-state index contributed by atoms with van der Waals surface area (Å²) in [6, 6.07) is 4.11. The molecule has 1 aromatic rings. The van der Waals surface area contributed by atoms with Crippen molar-refractivity contribution in [2.75, 3.05) is 0 Å². The zero-order valence-corrected chi connectivity index (χ0v) is 5.12. The zero-order chi connectivity index (χ0) is 7.40. The van der Waals surface area contributed by atoms with E-state index in [0.717, 1.165) is 0 Å². The second-order valence-electron chi connectivity index (χ2n) is 1.57. The Hall–Kier alpha value is -1.10. The van der Waals surface area contributed by atoms with Gasteiger partial charge in [-0.3, -0.25) is 0 Å². The van der Waals surface area contributed by atoms with E-state index in [1.807, 2.05) is 0 Å². The van der Waals surface area contributed by atoms with Crippen LogP contribution in [0.1, 0.15) is 0 Å². The number of aromatic nitrogens is 1. The number of hydrogen-bond donors (Lipinski definition) is 1. The molecule has 0 saturated carbocycles. The van der Waals surface area contributed by atoms with Crippen molar-refractivity contribution in [2.24, 2.45) is 0 Å². The second-order valence-corrected chi connectivity index (χ2v) is 1.57. The van der Waals surface area contributed by atoms with Crippen LogP contribution in [0.3, 0.4) is 0 Å². The fourth-order valence-electron chi connectivity index (χ4n) is 0.536. The molecule has 10 heavy (non-hydrogen) atoms. The lowest BCUT2D eigenvalue weighted by Gasteiger charge is -1.97. The fraction of sp³-hybridized carbons (Fsp3) is 0. The molecule has 1 rings (SSSR count). The molecule has 5 heteroatoms. The Kier molecular flexibility index (Phi) is 2.22. The molecule has 0 atom stereocenters. The van der Waals surface area contributed by atoms with E-state index < -0.39 is 13.6 Å². The highest BCUT2D eigenvalue weighted by Crippen LogP contribution is 2.04. The van der Waals surface area contributed by atoms with Gasteiger partial charge in [0.1, 0.15) is 0 Å². The van der Waals surface area contributed by atoms with Crippen LogP contribution in [0.25, 0.3) is 0 Å². The molecule has 0 aliphatic rings. The lowest BCUT2D eigenvalue weighted by Crippen LogP contribution is -2.01. The van der Waals surface area contributed by atoms with E-state index >= 15 is 0 Å². The van der Waals surface area contributed by atoms with Gasteiger partial charge in [0, 0.05) is 0 Å². The van der Waals surface area contributed by atoms with E-state index in [4.69, 9.17) is 5.02 Å².